The molecule has 0 spiro atoms. The summed E-state index contributed by atoms with van der Waals surface area (Å²) in [7, 11) is 0. The van der Waals surface area contributed by atoms with Crippen LogP contribution in [0.5, 0.6) is 0 Å². The number of aromatic nitrogens is 1. The zero-order valence-corrected chi connectivity index (χ0v) is 17.6. The normalized spacial score (nSPS) is 21.3. The topological polar surface area (TPSA) is 50.3 Å². The summed E-state index contributed by atoms with van der Waals surface area (Å²) < 4.78 is 0. The van der Waals surface area contributed by atoms with Gasteiger partial charge < -0.3 is 0 Å². The molecule has 0 bridgehead atoms. The fraction of sp³-hybridized carbons (Fsp3) is 0.192. The standard InChI is InChI=1S/C26H21ClN2O2/c27-20-6-8-21(9-7-20)29-23-14-19(17-4-2-1-3-5-17)15-24(30)26(23)22(16-25(29)31)18-10-12-28-13-11-18/h1-13,19,22H,14-16H2. The molecule has 154 valence electrons. The maximum absolute atomic E-state index is 13.5. The number of hydrogen-bond acceptors (Lipinski definition) is 3. The Bertz CT molecular complexity index is 1160. The van der Waals surface area contributed by atoms with Crippen molar-refractivity contribution >= 4 is 29.0 Å². The summed E-state index contributed by atoms with van der Waals surface area (Å²) in [5, 5.41) is 0.610. The minimum Gasteiger partial charge on any atom is -0.294 e. The van der Waals surface area contributed by atoms with Crippen LogP contribution in [0.15, 0.2) is 90.4 Å². The maximum atomic E-state index is 13.5. The van der Waals surface area contributed by atoms with Crippen LogP contribution in [0.1, 0.15) is 42.2 Å². The van der Waals surface area contributed by atoms with Crippen molar-refractivity contribution in [2.45, 2.75) is 31.1 Å². The highest BCUT2D eigenvalue weighted by molar-refractivity contribution is 6.30. The summed E-state index contributed by atoms with van der Waals surface area (Å²) in [6.07, 6.45) is 4.78. The molecule has 4 nitrogen and oxygen atoms in total. The van der Waals surface area contributed by atoms with Gasteiger partial charge in [-0.15, -0.1) is 0 Å². The summed E-state index contributed by atoms with van der Waals surface area (Å²) in [5.74, 6) is -0.0858. The number of amides is 1. The molecule has 31 heavy (non-hydrogen) atoms. The van der Waals surface area contributed by atoms with E-state index in [1.165, 1.54) is 0 Å². The van der Waals surface area contributed by atoms with Crippen LogP contribution in [-0.4, -0.2) is 16.7 Å². The first-order valence-corrected chi connectivity index (χ1v) is 10.8. The van der Waals surface area contributed by atoms with E-state index in [9.17, 15) is 9.59 Å². The fourth-order valence-corrected chi connectivity index (χ4v) is 4.89. The second kappa shape index (κ2) is 8.12. The zero-order valence-electron chi connectivity index (χ0n) is 16.9. The molecular formula is C26H21ClN2O2. The minimum absolute atomic E-state index is 0.00982. The van der Waals surface area contributed by atoms with Crippen LogP contribution in [0, 0.1) is 0 Å². The molecule has 0 saturated carbocycles. The number of rotatable bonds is 3. The van der Waals surface area contributed by atoms with Crippen molar-refractivity contribution in [3.63, 3.8) is 0 Å². The van der Waals surface area contributed by atoms with Crippen molar-refractivity contribution in [2.24, 2.45) is 0 Å². The molecule has 1 aliphatic carbocycles. The molecule has 2 aliphatic rings. The van der Waals surface area contributed by atoms with E-state index in [0.29, 0.717) is 17.9 Å². The highest BCUT2D eigenvalue weighted by Crippen LogP contribution is 2.46. The van der Waals surface area contributed by atoms with Gasteiger partial charge in [-0.2, -0.15) is 0 Å². The van der Waals surface area contributed by atoms with Crippen LogP contribution >= 0.6 is 11.6 Å². The molecule has 1 aliphatic heterocycles. The molecule has 2 atom stereocenters. The predicted molar refractivity (Wildman–Crippen MR) is 121 cm³/mol. The molecule has 0 radical (unpaired) electrons. The van der Waals surface area contributed by atoms with Crippen LogP contribution < -0.4 is 4.90 Å². The van der Waals surface area contributed by atoms with Gasteiger partial charge in [-0.3, -0.25) is 19.5 Å². The van der Waals surface area contributed by atoms with Crippen molar-refractivity contribution in [3.05, 3.63) is 107 Å². The van der Waals surface area contributed by atoms with Crippen LogP contribution in [0.3, 0.4) is 0 Å². The Hall–Kier alpha value is -3.24. The third-order valence-electron chi connectivity index (χ3n) is 6.19. The lowest BCUT2D eigenvalue weighted by molar-refractivity contribution is -0.120. The quantitative estimate of drug-likeness (QED) is 0.541. The Balaban J connectivity index is 1.65. The first-order chi connectivity index (χ1) is 15.1. The molecule has 0 saturated heterocycles. The molecule has 2 unspecified atom stereocenters. The highest BCUT2D eigenvalue weighted by Gasteiger charge is 2.42. The van der Waals surface area contributed by atoms with Crippen molar-refractivity contribution in [3.8, 4) is 0 Å². The largest absolute Gasteiger partial charge is 0.294 e. The average molecular weight is 429 g/mol. The molecule has 1 amide bonds. The number of allylic oxidation sites excluding steroid dienone is 2. The maximum Gasteiger partial charge on any atom is 0.232 e. The van der Waals surface area contributed by atoms with Crippen LogP contribution in [0.4, 0.5) is 5.69 Å². The third-order valence-corrected chi connectivity index (χ3v) is 6.45. The molecule has 0 fully saturated rings. The molecule has 5 heteroatoms. The summed E-state index contributed by atoms with van der Waals surface area (Å²) in [5.41, 5.74) is 4.39. The van der Waals surface area contributed by atoms with Gasteiger partial charge in [0.2, 0.25) is 5.91 Å². The predicted octanol–water partition coefficient (Wildman–Crippen LogP) is 5.66. The van der Waals surface area contributed by atoms with Gasteiger partial charge in [-0.05, 0) is 59.9 Å². The summed E-state index contributed by atoms with van der Waals surface area (Å²) in [6, 6.07) is 21.1. The fourth-order valence-electron chi connectivity index (χ4n) is 4.77. The number of ketones is 1. The van der Waals surface area contributed by atoms with Gasteiger partial charge in [0.1, 0.15) is 0 Å². The van der Waals surface area contributed by atoms with Crippen LogP contribution in [0.25, 0.3) is 0 Å². The monoisotopic (exact) mass is 428 g/mol. The average Bonchev–Trinajstić information content (AvgIpc) is 2.80. The third kappa shape index (κ3) is 3.68. The van der Waals surface area contributed by atoms with E-state index in [0.717, 1.165) is 28.1 Å². The summed E-state index contributed by atoms with van der Waals surface area (Å²) in [4.78, 5) is 32.7. The number of Topliss-reactive ketones (excluding diaryl/α,β-unsaturated/α-hetero) is 1. The number of carbonyl (C=O) groups excluding carboxylic acids is 2. The Kier molecular flexibility index (Phi) is 5.16. The van der Waals surface area contributed by atoms with Gasteiger partial charge in [0, 0.05) is 53.1 Å². The molecule has 3 aromatic rings. The lowest BCUT2D eigenvalue weighted by Crippen LogP contribution is -2.41. The molecule has 2 heterocycles. The molecule has 5 rings (SSSR count). The van der Waals surface area contributed by atoms with Gasteiger partial charge in [-0.1, -0.05) is 41.9 Å². The number of carbonyl (C=O) groups is 2. The number of hydrogen-bond donors (Lipinski definition) is 0. The zero-order chi connectivity index (χ0) is 21.4. The second-order valence-corrected chi connectivity index (χ2v) is 8.48. The van der Waals surface area contributed by atoms with E-state index in [1.807, 2.05) is 42.5 Å². The van der Waals surface area contributed by atoms with Crippen molar-refractivity contribution in [1.82, 2.24) is 4.98 Å². The Labute approximate surface area is 186 Å². The number of nitrogens with zero attached hydrogens (tertiary/aromatic N) is 2. The highest BCUT2D eigenvalue weighted by atomic mass is 35.5. The van der Waals surface area contributed by atoms with Gasteiger partial charge in [0.15, 0.2) is 5.78 Å². The Morgan fingerprint density at radius 1 is 0.806 bits per heavy atom. The van der Waals surface area contributed by atoms with Crippen LogP contribution in [0.2, 0.25) is 5.02 Å². The first kappa shape index (κ1) is 19.7. The van der Waals surface area contributed by atoms with Crippen LogP contribution in [-0.2, 0) is 9.59 Å². The lowest BCUT2D eigenvalue weighted by atomic mass is 9.73. The lowest BCUT2D eigenvalue weighted by Gasteiger charge is -2.40. The van der Waals surface area contributed by atoms with E-state index in [4.69, 9.17) is 11.6 Å². The number of anilines is 1. The molecule has 1 aromatic heterocycles. The number of benzene rings is 2. The van der Waals surface area contributed by atoms with Gasteiger partial charge >= 0.3 is 0 Å². The number of halogens is 1. The SMILES string of the molecule is O=C1CC(c2ccccc2)CC2=C1C(c1ccncc1)CC(=O)N2c1ccc(Cl)cc1. The first-order valence-electron chi connectivity index (χ1n) is 10.4. The molecule has 0 N–H and O–H groups in total. The van der Waals surface area contributed by atoms with E-state index < -0.39 is 0 Å². The van der Waals surface area contributed by atoms with Crippen molar-refractivity contribution < 1.29 is 9.59 Å². The van der Waals surface area contributed by atoms with Crippen molar-refractivity contribution in [2.75, 3.05) is 4.90 Å². The summed E-state index contributed by atoms with van der Waals surface area (Å²) in [6.45, 7) is 0. The Morgan fingerprint density at radius 2 is 1.52 bits per heavy atom. The summed E-state index contributed by atoms with van der Waals surface area (Å²) >= 11 is 6.08. The molecule has 2 aromatic carbocycles. The van der Waals surface area contributed by atoms with E-state index >= 15 is 0 Å². The number of pyridine rings is 1. The molecular weight excluding hydrogens is 408 g/mol. The van der Waals surface area contributed by atoms with Gasteiger partial charge in [0.25, 0.3) is 0 Å². The van der Waals surface area contributed by atoms with E-state index in [1.54, 1.807) is 29.4 Å². The van der Waals surface area contributed by atoms with E-state index in [2.05, 4.69) is 17.1 Å². The van der Waals surface area contributed by atoms with Gasteiger partial charge in [0.05, 0.1) is 0 Å². The minimum atomic E-state index is -0.238. The van der Waals surface area contributed by atoms with Gasteiger partial charge in [-0.25, -0.2) is 0 Å². The Morgan fingerprint density at radius 3 is 2.23 bits per heavy atom. The smallest absolute Gasteiger partial charge is 0.232 e. The van der Waals surface area contributed by atoms with E-state index in [-0.39, 0.29) is 29.9 Å². The second-order valence-electron chi connectivity index (χ2n) is 8.04. The van der Waals surface area contributed by atoms with Crippen molar-refractivity contribution in [1.29, 1.82) is 0 Å².